The summed E-state index contributed by atoms with van der Waals surface area (Å²) in [4.78, 5) is 15.3. The molecule has 1 amide bonds. The monoisotopic (exact) mass is 335 g/mol. The van der Waals surface area contributed by atoms with E-state index < -0.39 is 0 Å². The maximum Gasteiger partial charge on any atom is 0.207 e. The summed E-state index contributed by atoms with van der Waals surface area (Å²) in [6, 6.07) is 12.9. The summed E-state index contributed by atoms with van der Waals surface area (Å²) >= 11 is 0. The zero-order valence-corrected chi connectivity index (χ0v) is 15.1. The first-order valence-electron chi connectivity index (χ1n) is 8.75. The molecule has 1 unspecified atom stereocenters. The predicted octanol–water partition coefficient (Wildman–Crippen LogP) is 4.09. The molecule has 0 bridgehead atoms. The number of nitrogens with one attached hydrogen (secondary N) is 1. The Hall–Kier alpha value is -2.62. The number of rotatable bonds is 7. The molecule has 0 saturated carbocycles. The van der Waals surface area contributed by atoms with Crippen LogP contribution in [0.15, 0.2) is 55.0 Å². The number of amides is 1. The summed E-state index contributed by atoms with van der Waals surface area (Å²) in [7, 11) is 0. The van der Waals surface area contributed by atoms with Gasteiger partial charge in [0.1, 0.15) is 5.65 Å². The minimum atomic E-state index is 0.0608. The van der Waals surface area contributed by atoms with E-state index in [0.29, 0.717) is 0 Å². The van der Waals surface area contributed by atoms with E-state index in [1.165, 1.54) is 11.1 Å². The largest absolute Gasteiger partial charge is 0.355 e. The van der Waals surface area contributed by atoms with E-state index in [0.717, 1.165) is 30.5 Å². The standard InChI is InChI=1S/C21H25N3O/c1-4-21(2,3)19(23-15-25)13-16-5-7-17(8-6-16)18-9-11-24-12-10-22-20(24)14-18/h5-12,14-15,19H,4,13H2,1-3H3,(H,23,25). The van der Waals surface area contributed by atoms with Gasteiger partial charge in [0.15, 0.2) is 0 Å². The number of hydrogen-bond acceptors (Lipinski definition) is 2. The normalized spacial score (nSPS) is 12.9. The lowest BCUT2D eigenvalue weighted by molar-refractivity contribution is -0.110. The first-order valence-corrected chi connectivity index (χ1v) is 8.75. The Balaban J connectivity index is 1.80. The number of fused-ring (bicyclic) bond motifs is 1. The van der Waals surface area contributed by atoms with Crippen molar-refractivity contribution in [1.82, 2.24) is 14.7 Å². The molecule has 0 radical (unpaired) electrons. The lowest BCUT2D eigenvalue weighted by Gasteiger charge is -2.33. The second-order valence-electron chi connectivity index (χ2n) is 7.19. The number of hydrogen-bond donors (Lipinski definition) is 1. The fourth-order valence-corrected chi connectivity index (χ4v) is 3.05. The minimum absolute atomic E-state index is 0.0608. The second-order valence-corrected chi connectivity index (χ2v) is 7.19. The van der Waals surface area contributed by atoms with Gasteiger partial charge in [-0.15, -0.1) is 0 Å². The van der Waals surface area contributed by atoms with Gasteiger partial charge in [0.05, 0.1) is 0 Å². The van der Waals surface area contributed by atoms with E-state index in [1.807, 2.05) is 16.8 Å². The van der Waals surface area contributed by atoms with Crippen molar-refractivity contribution in [3.63, 3.8) is 0 Å². The summed E-state index contributed by atoms with van der Waals surface area (Å²) < 4.78 is 2.00. The predicted molar refractivity (Wildman–Crippen MR) is 101 cm³/mol. The molecule has 0 aliphatic rings. The van der Waals surface area contributed by atoms with Crippen molar-refractivity contribution >= 4 is 12.1 Å². The van der Waals surface area contributed by atoms with Gasteiger partial charge in [0.2, 0.25) is 6.41 Å². The lowest BCUT2D eigenvalue weighted by Crippen LogP contribution is -2.42. The molecule has 2 heterocycles. The smallest absolute Gasteiger partial charge is 0.207 e. The Labute approximate surface area is 148 Å². The molecule has 1 atom stereocenters. The van der Waals surface area contributed by atoms with Crippen LogP contribution >= 0.6 is 0 Å². The zero-order valence-electron chi connectivity index (χ0n) is 15.1. The average Bonchev–Trinajstić information content (AvgIpc) is 3.09. The number of aromatic nitrogens is 2. The van der Waals surface area contributed by atoms with E-state index >= 15 is 0 Å². The number of benzene rings is 1. The van der Waals surface area contributed by atoms with Crippen molar-refractivity contribution in [2.45, 2.75) is 39.7 Å². The van der Waals surface area contributed by atoms with Crippen molar-refractivity contribution in [2.75, 3.05) is 0 Å². The highest BCUT2D eigenvalue weighted by atomic mass is 16.1. The molecule has 0 spiro atoms. The molecule has 4 nitrogen and oxygen atoms in total. The van der Waals surface area contributed by atoms with E-state index in [-0.39, 0.29) is 11.5 Å². The Morgan fingerprint density at radius 2 is 1.92 bits per heavy atom. The van der Waals surface area contributed by atoms with Crippen LogP contribution in [0, 0.1) is 5.41 Å². The summed E-state index contributed by atoms with van der Waals surface area (Å²) in [6.45, 7) is 6.55. The van der Waals surface area contributed by atoms with Crippen LogP contribution in [0.25, 0.3) is 16.8 Å². The van der Waals surface area contributed by atoms with Crippen LogP contribution in [0.4, 0.5) is 0 Å². The summed E-state index contributed by atoms with van der Waals surface area (Å²) in [5.41, 5.74) is 4.56. The Bertz CT molecular complexity index is 849. The molecule has 0 fully saturated rings. The highest BCUT2D eigenvalue weighted by molar-refractivity contribution is 5.67. The third-order valence-corrected chi connectivity index (χ3v) is 5.25. The lowest BCUT2D eigenvalue weighted by atomic mass is 9.79. The van der Waals surface area contributed by atoms with E-state index in [4.69, 9.17) is 0 Å². The molecular weight excluding hydrogens is 310 g/mol. The van der Waals surface area contributed by atoms with Crippen LogP contribution < -0.4 is 5.32 Å². The van der Waals surface area contributed by atoms with E-state index in [9.17, 15) is 4.79 Å². The zero-order chi connectivity index (χ0) is 17.9. The van der Waals surface area contributed by atoms with Crippen molar-refractivity contribution in [2.24, 2.45) is 5.41 Å². The highest BCUT2D eigenvalue weighted by Crippen LogP contribution is 2.28. The van der Waals surface area contributed by atoms with Crippen molar-refractivity contribution < 1.29 is 4.79 Å². The molecule has 3 aromatic rings. The van der Waals surface area contributed by atoms with E-state index in [2.05, 4.69) is 67.5 Å². The van der Waals surface area contributed by atoms with Gasteiger partial charge in [-0.2, -0.15) is 0 Å². The van der Waals surface area contributed by atoms with Crippen LogP contribution in [0.2, 0.25) is 0 Å². The fourth-order valence-electron chi connectivity index (χ4n) is 3.05. The summed E-state index contributed by atoms with van der Waals surface area (Å²) in [6.07, 6.45) is 8.44. The third kappa shape index (κ3) is 3.73. The fraction of sp³-hybridized carbons (Fsp3) is 0.333. The molecule has 3 rings (SSSR count). The molecule has 4 heteroatoms. The van der Waals surface area contributed by atoms with Gasteiger partial charge in [0, 0.05) is 24.6 Å². The molecule has 1 aromatic carbocycles. The quantitative estimate of drug-likeness (QED) is 0.661. The second kappa shape index (κ2) is 7.09. The number of carbonyl (C=O) groups excluding carboxylic acids is 1. The van der Waals surface area contributed by atoms with Gasteiger partial charge in [-0.1, -0.05) is 45.0 Å². The van der Waals surface area contributed by atoms with E-state index in [1.54, 1.807) is 6.20 Å². The SMILES string of the molecule is CCC(C)(C)C(Cc1ccc(-c2ccn3ccnc3c2)cc1)NC=O. The van der Waals surface area contributed by atoms with Crippen LogP contribution in [0.5, 0.6) is 0 Å². The third-order valence-electron chi connectivity index (χ3n) is 5.25. The number of pyridine rings is 1. The Morgan fingerprint density at radius 1 is 1.16 bits per heavy atom. The van der Waals surface area contributed by atoms with Gasteiger partial charge in [-0.25, -0.2) is 4.98 Å². The van der Waals surface area contributed by atoms with Gasteiger partial charge < -0.3 is 9.72 Å². The molecule has 0 saturated heterocycles. The van der Waals surface area contributed by atoms with Crippen LogP contribution in [-0.4, -0.2) is 21.8 Å². The molecule has 1 N–H and O–H groups in total. The topological polar surface area (TPSA) is 46.4 Å². The number of imidazole rings is 1. The molecule has 2 aromatic heterocycles. The van der Waals surface area contributed by atoms with Gasteiger partial charge in [-0.3, -0.25) is 4.79 Å². The maximum absolute atomic E-state index is 11.0. The molecule has 0 aliphatic heterocycles. The molecule has 25 heavy (non-hydrogen) atoms. The summed E-state index contributed by atoms with van der Waals surface area (Å²) in [5, 5.41) is 2.99. The van der Waals surface area contributed by atoms with Gasteiger partial charge >= 0.3 is 0 Å². The average molecular weight is 335 g/mol. The van der Waals surface area contributed by atoms with Gasteiger partial charge in [0.25, 0.3) is 0 Å². The van der Waals surface area contributed by atoms with Crippen molar-refractivity contribution in [3.05, 3.63) is 60.6 Å². The first-order chi connectivity index (χ1) is 12.0. The minimum Gasteiger partial charge on any atom is -0.355 e. The molecule has 130 valence electrons. The van der Waals surface area contributed by atoms with Crippen LogP contribution in [0.1, 0.15) is 32.8 Å². The van der Waals surface area contributed by atoms with Crippen LogP contribution in [0.3, 0.4) is 0 Å². The Kier molecular flexibility index (Phi) is 4.88. The van der Waals surface area contributed by atoms with Crippen LogP contribution in [-0.2, 0) is 11.2 Å². The van der Waals surface area contributed by atoms with Crippen molar-refractivity contribution in [1.29, 1.82) is 0 Å². The highest BCUT2D eigenvalue weighted by Gasteiger charge is 2.27. The molecule has 0 aliphatic carbocycles. The van der Waals surface area contributed by atoms with Crippen molar-refractivity contribution in [3.8, 4) is 11.1 Å². The van der Waals surface area contributed by atoms with Gasteiger partial charge in [-0.05, 0) is 47.1 Å². The Morgan fingerprint density at radius 3 is 2.60 bits per heavy atom. The molecular formula is C21H25N3O. The summed E-state index contributed by atoms with van der Waals surface area (Å²) in [5.74, 6) is 0. The number of nitrogens with zero attached hydrogens (tertiary/aromatic N) is 2. The maximum atomic E-state index is 11.0. The first kappa shape index (κ1) is 17.2. The number of carbonyl (C=O) groups is 1.